The fraction of sp³-hybridized carbons (Fsp3) is 0.357. The minimum absolute atomic E-state index is 0.0260. The van der Waals surface area contributed by atoms with Crippen LogP contribution in [0.4, 0.5) is 11.6 Å². The summed E-state index contributed by atoms with van der Waals surface area (Å²) in [6.45, 7) is 7.97. The Balaban J connectivity index is 1.12. The van der Waals surface area contributed by atoms with Crippen molar-refractivity contribution >= 4 is 28.4 Å². The van der Waals surface area contributed by atoms with Crippen LogP contribution in [0.1, 0.15) is 10.5 Å². The Bertz CT molecular complexity index is 1430. The molecule has 2 saturated heterocycles. The number of ether oxygens (including phenoxy) is 2. The summed E-state index contributed by atoms with van der Waals surface area (Å²) in [5, 5.41) is 7.50. The maximum absolute atomic E-state index is 12.9. The van der Waals surface area contributed by atoms with Gasteiger partial charge >= 0.3 is 0 Å². The van der Waals surface area contributed by atoms with Crippen LogP contribution in [-0.2, 0) is 4.74 Å². The number of carbonyl (C=O) groups is 1. The minimum Gasteiger partial charge on any atom is -0.492 e. The Kier molecular flexibility index (Phi) is 7.61. The first kappa shape index (κ1) is 25.2. The SMILES string of the molecule is O=C(c1cc2cc(Nc3nccc(-c4cc(OCCN5CCOCC5)ccn4)n3)ccc2[nH]1)N1CCNCC1. The van der Waals surface area contributed by atoms with E-state index in [9.17, 15) is 4.79 Å². The number of nitrogens with zero attached hydrogens (tertiary/aromatic N) is 5. The van der Waals surface area contributed by atoms with Gasteiger partial charge in [-0.3, -0.25) is 14.7 Å². The summed E-state index contributed by atoms with van der Waals surface area (Å²) in [5.41, 5.74) is 3.73. The monoisotopic (exact) mass is 528 g/mol. The molecule has 3 aromatic heterocycles. The highest BCUT2D eigenvalue weighted by molar-refractivity contribution is 5.98. The molecule has 202 valence electrons. The number of carbonyl (C=O) groups excluding carboxylic acids is 1. The third kappa shape index (κ3) is 6.17. The molecule has 0 unspecified atom stereocenters. The molecule has 0 spiro atoms. The van der Waals surface area contributed by atoms with Gasteiger partial charge in [0, 0.05) is 80.9 Å². The number of pyridine rings is 1. The van der Waals surface area contributed by atoms with Gasteiger partial charge in [0.05, 0.1) is 24.6 Å². The highest BCUT2D eigenvalue weighted by atomic mass is 16.5. The second-order valence-electron chi connectivity index (χ2n) is 9.60. The van der Waals surface area contributed by atoms with Crippen molar-refractivity contribution in [3.63, 3.8) is 0 Å². The topological polar surface area (TPSA) is 121 Å². The highest BCUT2D eigenvalue weighted by Crippen LogP contribution is 2.25. The lowest BCUT2D eigenvalue weighted by molar-refractivity contribution is 0.0322. The molecule has 11 heteroatoms. The van der Waals surface area contributed by atoms with E-state index in [-0.39, 0.29) is 5.91 Å². The Morgan fingerprint density at radius 3 is 2.69 bits per heavy atom. The second kappa shape index (κ2) is 11.8. The van der Waals surface area contributed by atoms with Crippen LogP contribution in [0.2, 0.25) is 0 Å². The van der Waals surface area contributed by atoms with Gasteiger partial charge in [0.15, 0.2) is 0 Å². The number of fused-ring (bicyclic) bond motifs is 1. The van der Waals surface area contributed by atoms with Gasteiger partial charge in [-0.1, -0.05) is 0 Å². The Hall–Kier alpha value is -4.06. The molecule has 2 aliphatic heterocycles. The summed E-state index contributed by atoms with van der Waals surface area (Å²) in [6.07, 6.45) is 3.44. The number of aromatic amines is 1. The maximum Gasteiger partial charge on any atom is 0.270 e. The summed E-state index contributed by atoms with van der Waals surface area (Å²) in [7, 11) is 0. The van der Waals surface area contributed by atoms with E-state index in [0.717, 1.165) is 68.3 Å². The van der Waals surface area contributed by atoms with E-state index in [1.807, 2.05) is 47.4 Å². The van der Waals surface area contributed by atoms with Gasteiger partial charge < -0.3 is 30.0 Å². The number of rotatable bonds is 8. The zero-order chi connectivity index (χ0) is 26.4. The standard InChI is InChI=1S/C28H32N8O3/c37-27(36-9-7-29-8-10-36)26-18-20-17-21(1-2-23(20)33-26)32-28-31-6-4-24(34-28)25-19-22(3-5-30-25)39-16-13-35-11-14-38-15-12-35/h1-6,17-19,29,33H,7-16H2,(H,31,32,34). The number of nitrogens with one attached hydrogen (secondary N) is 3. The zero-order valence-electron chi connectivity index (χ0n) is 21.7. The van der Waals surface area contributed by atoms with Crippen molar-refractivity contribution in [3.05, 3.63) is 60.6 Å². The first-order valence-corrected chi connectivity index (χ1v) is 13.3. The van der Waals surface area contributed by atoms with E-state index in [2.05, 4.69) is 35.5 Å². The number of morpholine rings is 1. The number of benzene rings is 1. The van der Waals surface area contributed by atoms with Crippen molar-refractivity contribution in [2.45, 2.75) is 0 Å². The number of amides is 1. The van der Waals surface area contributed by atoms with Gasteiger partial charge in [-0.2, -0.15) is 0 Å². The normalized spacial score (nSPS) is 16.4. The summed E-state index contributed by atoms with van der Waals surface area (Å²) in [5.74, 6) is 1.24. The van der Waals surface area contributed by atoms with Crippen LogP contribution in [0, 0.1) is 0 Å². The predicted molar refractivity (Wildman–Crippen MR) is 148 cm³/mol. The summed E-state index contributed by atoms with van der Waals surface area (Å²) >= 11 is 0. The van der Waals surface area contributed by atoms with Crippen molar-refractivity contribution in [1.82, 2.24) is 35.1 Å². The molecule has 11 nitrogen and oxygen atoms in total. The fourth-order valence-electron chi connectivity index (χ4n) is 4.81. The maximum atomic E-state index is 12.9. The molecule has 2 fully saturated rings. The van der Waals surface area contributed by atoms with E-state index in [0.29, 0.717) is 42.7 Å². The molecule has 1 amide bonds. The van der Waals surface area contributed by atoms with Crippen LogP contribution < -0.4 is 15.4 Å². The molecular formula is C28H32N8O3. The smallest absolute Gasteiger partial charge is 0.270 e. The second-order valence-corrected chi connectivity index (χ2v) is 9.60. The molecular weight excluding hydrogens is 496 g/mol. The average Bonchev–Trinajstić information content (AvgIpc) is 3.42. The summed E-state index contributed by atoms with van der Waals surface area (Å²) in [4.78, 5) is 33.9. The van der Waals surface area contributed by atoms with Crippen LogP contribution in [0.5, 0.6) is 5.75 Å². The van der Waals surface area contributed by atoms with Gasteiger partial charge in [0.2, 0.25) is 5.95 Å². The molecule has 6 rings (SSSR count). The van der Waals surface area contributed by atoms with Crippen LogP contribution in [0.3, 0.4) is 0 Å². The molecule has 0 bridgehead atoms. The largest absolute Gasteiger partial charge is 0.492 e. The molecule has 0 saturated carbocycles. The first-order chi connectivity index (χ1) is 19.2. The predicted octanol–water partition coefficient (Wildman–Crippen LogP) is 2.52. The van der Waals surface area contributed by atoms with Gasteiger partial charge in [0.25, 0.3) is 5.91 Å². The van der Waals surface area contributed by atoms with Crippen LogP contribution >= 0.6 is 0 Å². The lowest BCUT2D eigenvalue weighted by atomic mass is 10.2. The first-order valence-electron chi connectivity index (χ1n) is 13.3. The fourth-order valence-corrected chi connectivity index (χ4v) is 4.81. The number of hydrogen-bond donors (Lipinski definition) is 3. The van der Waals surface area contributed by atoms with Crippen molar-refractivity contribution in [3.8, 4) is 17.1 Å². The molecule has 39 heavy (non-hydrogen) atoms. The Labute approximate surface area is 226 Å². The van der Waals surface area contributed by atoms with Crippen LogP contribution in [-0.4, -0.2) is 101 Å². The molecule has 0 aliphatic carbocycles. The highest BCUT2D eigenvalue weighted by Gasteiger charge is 2.19. The Morgan fingerprint density at radius 1 is 0.974 bits per heavy atom. The Morgan fingerprint density at radius 2 is 1.82 bits per heavy atom. The molecule has 2 aliphatic rings. The minimum atomic E-state index is 0.0260. The third-order valence-electron chi connectivity index (χ3n) is 6.94. The molecule has 5 heterocycles. The molecule has 4 aromatic rings. The van der Waals surface area contributed by atoms with Gasteiger partial charge in [-0.25, -0.2) is 9.97 Å². The quantitative estimate of drug-likeness (QED) is 0.317. The summed E-state index contributed by atoms with van der Waals surface area (Å²) < 4.78 is 11.4. The summed E-state index contributed by atoms with van der Waals surface area (Å²) in [6, 6.07) is 13.4. The third-order valence-corrected chi connectivity index (χ3v) is 6.94. The van der Waals surface area contributed by atoms with Crippen molar-refractivity contribution in [1.29, 1.82) is 0 Å². The zero-order valence-corrected chi connectivity index (χ0v) is 21.7. The number of hydrogen-bond acceptors (Lipinski definition) is 9. The number of H-pyrrole nitrogens is 1. The molecule has 3 N–H and O–H groups in total. The van der Waals surface area contributed by atoms with Crippen LogP contribution in [0.25, 0.3) is 22.3 Å². The lowest BCUT2D eigenvalue weighted by Crippen LogP contribution is -2.46. The molecule has 0 atom stereocenters. The number of aromatic nitrogens is 4. The molecule has 0 radical (unpaired) electrons. The van der Waals surface area contributed by atoms with E-state index in [4.69, 9.17) is 9.47 Å². The van der Waals surface area contributed by atoms with Gasteiger partial charge in [-0.05, 0) is 36.4 Å². The number of anilines is 2. The van der Waals surface area contributed by atoms with Gasteiger partial charge in [0.1, 0.15) is 18.1 Å². The van der Waals surface area contributed by atoms with Crippen molar-refractivity contribution in [2.75, 3.05) is 71.0 Å². The van der Waals surface area contributed by atoms with Crippen molar-refractivity contribution < 1.29 is 14.3 Å². The van der Waals surface area contributed by atoms with E-state index in [1.54, 1.807) is 12.4 Å². The average molecular weight is 529 g/mol. The van der Waals surface area contributed by atoms with Gasteiger partial charge in [-0.15, -0.1) is 0 Å². The van der Waals surface area contributed by atoms with E-state index >= 15 is 0 Å². The van der Waals surface area contributed by atoms with E-state index in [1.165, 1.54) is 0 Å². The molecule has 1 aromatic carbocycles. The number of piperazine rings is 1. The lowest BCUT2D eigenvalue weighted by Gasteiger charge is -2.26. The van der Waals surface area contributed by atoms with Crippen molar-refractivity contribution in [2.24, 2.45) is 0 Å². The van der Waals surface area contributed by atoms with E-state index < -0.39 is 0 Å². The van der Waals surface area contributed by atoms with Crippen LogP contribution in [0.15, 0.2) is 54.9 Å².